The minimum Gasteiger partial charge on any atom is -0.479 e. The number of carboxylic acid groups (broad SMARTS) is 1. The molecule has 0 aromatic heterocycles. The molecule has 3 N–H and O–H groups in total. The summed E-state index contributed by atoms with van der Waals surface area (Å²) in [6.07, 6.45) is -1.21. The van der Waals surface area contributed by atoms with Crippen molar-refractivity contribution < 1.29 is 19.8 Å². The van der Waals surface area contributed by atoms with Crippen LogP contribution in [0.15, 0.2) is 28.7 Å². The van der Waals surface area contributed by atoms with E-state index >= 15 is 0 Å². The van der Waals surface area contributed by atoms with Gasteiger partial charge in [0.1, 0.15) is 0 Å². The van der Waals surface area contributed by atoms with Crippen molar-refractivity contribution in [2.24, 2.45) is 0 Å². The summed E-state index contributed by atoms with van der Waals surface area (Å²) >= 11 is 3.31. The molecule has 1 aromatic carbocycles. The van der Waals surface area contributed by atoms with E-state index in [1.165, 1.54) is 0 Å². The molecule has 0 spiro atoms. The second-order valence-electron chi connectivity index (χ2n) is 3.80. The fourth-order valence-electron chi connectivity index (χ4n) is 1.37. The fraction of sp³-hybridized carbons (Fsp3) is 0.333. The van der Waals surface area contributed by atoms with Gasteiger partial charge < -0.3 is 15.5 Å². The number of halogens is 1. The minimum absolute atomic E-state index is 0.000439. The molecule has 1 rings (SSSR count). The molecule has 1 unspecified atom stereocenters. The molecule has 1 atom stereocenters. The zero-order valence-electron chi connectivity index (χ0n) is 9.60. The minimum atomic E-state index is -1.43. The third kappa shape index (κ3) is 5.29. The van der Waals surface area contributed by atoms with Crippen molar-refractivity contribution in [3.8, 4) is 0 Å². The number of rotatable bonds is 6. The van der Waals surface area contributed by atoms with Crippen LogP contribution in [0.1, 0.15) is 12.0 Å². The Balaban J connectivity index is 2.32. The zero-order chi connectivity index (χ0) is 13.5. The van der Waals surface area contributed by atoms with Crippen molar-refractivity contribution >= 4 is 27.8 Å². The highest BCUT2D eigenvalue weighted by molar-refractivity contribution is 9.10. The highest BCUT2D eigenvalue weighted by Gasteiger charge is 2.12. The first kappa shape index (κ1) is 14.7. The summed E-state index contributed by atoms with van der Waals surface area (Å²) in [6, 6.07) is 7.37. The number of benzene rings is 1. The molecule has 0 aliphatic heterocycles. The molecule has 0 bridgehead atoms. The van der Waals surface area contributed by atoms with E-state index in [1.54, 1.807) is 0 Å². The van der Waals surface area contributed by atoms with Gasteiger partial charge in [-0.15, -0.1) is 0 Å². The molecule has 0 aliphatic carbocycles. The monoisotopic (exact) mass is 315 g/mol. The van der Waals surface area contributed by atoms with Gasteiger partial charge in [0.05, 0.1) is 6.42 Å². The van der Waals surface area contributed by atoms with Gasteiger partial charge in [0.2, 0.25) is 5.91 Å². The number of hydrogen-bond acceptors (Lipinski definition) is 3. The Hall–Kier alpha value is -1.40. The van der Waals surface area contributed by atoms with E-state index in [4.69, 9.17) is 10.2 Å². The number of amides is 1. The Labute approximate surface area is 113 Å². The predicted octanol–water partition coefficient (Wildman–Crippen LogP) is 0.943. The highest BCUT2D eigenvalue weighted by atomic mass is 79.9. The Bertz CT molecular complexity index is 436. The zero-order valence-corrected chi connectivity index (χ0v) is 11.2. The first-order valence-electron chi connectivity index (χ1n) is 5.41. The summed E-state index contributed by atoms with van der Waals surface area (Å²) in [5.74, 6) is -1.48. The maximum atomic E-state index is 11.5. The van der Waals surface area contributed by atoms with E-state index in [-0.39, 0.29) is 25.3 Å². The topological polar surface area (TPSA) is 86.6 Å². The number of aliphatic carboxylic acids is 1. The van der Waals surface area contributed by atoms with Gasteiger partial charge in [-0.05, 0) is 17.7 Å². The summed E-state index contributed by atoms with van der Waals surface area (Å²) in [7, 11) is 0. The van der Waals surface area contributed by atoms with Gasteiger partial charge in [-0.3, -0.25) is 4.79 Å². The summed E-state index contributed by atoms with van der Waals surface area (Å²) in [4.78, 5) is 21.9. The molecule has 5 nitrogen and oxygen atoms in total. The third-order valence-corrected chi connectivity index (χ3v) is 2.77. The molecule has 0 saturated heterocycles. The summed E-state index contributed by atoms with van der Waals surface area (Å²) < 4.78 is 0.897. The molecule has 98 valence electrons. The summed E-state index contributed by atoms with van der Waals surface area (Å²) in [6.45, 7) is 0.139. The molecule has 0 fully saturated rings. The number of carbonyl (C=O) groups excluding carboxylic acids is 1. The van der Waals surface area contributed by atoms with Crippen molar-refractivity contribution in [3.05, 3.63) is 34.3 Å². The standard InChI is InChI=1S/C12H14BrNO4/c13-9-3-1-2-8(6-9)7-11(16)14-5-4-10(15)12(17)18/h1-3,6,10,15H,4-5,7H2,(H,14,16)(H,17,18). The second kappa shape index (κ2) is 7.13. The van der Waals surface area contributed by atoms with E-state index in [0.29, 0.717) is 0 Å². The number of carbonyl (C=O) groups is 2. The van der Waals surface area contributed by atoms with Gasteiger partial charge >= 0.3 is 5.97 Å². The van der Waals surface area contributed by atoms with Crippen LogP contribution in [-0.4, -0.2) is 34.7 Å². The van der Waals surface area contributed by atoms with Crippen molar-refractivity contribution in [2.75, 3.05) is 6.54 Å². The normalized spacial score (nSPS) is 11.9. The van der Waals surface area contributed by atoms with E-state index in [0.717, 1.165) is 10.0 Å². The Morgan fingerprint density at radius 2 is 2.11 bits per heavy atom. The van der Waals surface area contributed by atoms with Gasteiger partial charge in [-0.2, -0.15) is 0 Å². The summed E-state index contributed by atoms with van der Waals surface area (Å²) in [5.41, 5.74) is 0.862. The lowest BCUT2D eigenvalue weighted by Gasteiger charge is -2.07. The molecule has 0 saturated carbocycles. The average Bonchev–Trinajstić information content (AvgIpc) is 2.28. The average molecular weight is 316 g/mol. The van der Waals surface area contributed by atoms with E-state index < -0.39 is 12.1 Å². The molecule has 18 heavy (non-hydrogen) atoms. The van der Waals surface area contributed by atoms with Crippen LogP contribution in [0.5, 0.6) is 0 Å². The van der Waals surface area contributed by atoms with Gasteiger partial charge in [0.25, 0.3) is 0 Å². The van der Waals surface area contributed by atoms with Crippen LogP contribution in [0.4, 0.5) is 0 Å². The quantitative estimate of drug-likeness (QED) is 0.729. The Morgan fingerprint density at radius 3 is 2.72 bits per heavy atom. The van der Waals surface area contributed by atoms with E-state index in [2.05, 4.69) is 21.2 Å². The van der Waals surface area contributed by atoms with Crippen LogP contribution in [-0.2, 0) is 16.0 Å². The fourth-order valence-corrected chi connectivity index (χ4v) is 1.81. The van der Waals surface area contributed by atoms with E-state index in [1.807, 2.05) is 24.3 Å². The molecule has 0 radical (unpaired) electrons. The molecular weight excluding hydrogens is 302 g/mol. The van der Waals surface area contributed by atoms with Gasteiger partial charge in [-0.25, -0.2) is 4.79 Å². The van der Waals surface area contributed by atoms with Gasteiger partial charge in [0.15, 0.2) is 6.10 Å². The van der Waals surface area contributed by atoms with Crippen LogP contribution in [0.2, 0.25) is 0 Å². The van der Waals surface area contributed by atoms with Gasteiger partial charge in [-0.1, -0.05) is 28.1 Å². The molecule has 0 heterocycles. The maximum absolute atomic E-state index is 11.5. The molecule has 0 aliphatic rings. The largest absolute Gasteiger partial charge is 0.479 e. The highest BCUT2D eigenvalue weighted by Crippen LogP contribution is 2.11. The number of carboxylic acids is 1. The lowest BCUT2D eigenvalue weighted by atomic mass is 10.1. The molecule has 6 heteroatoms. The van der Waals surface area contributed by atoms with Crippen LogP contribution < -0.4 is 5.32 Å². The lowest BCUT2D eigenvalue weighted by molar-refractivity contribution is -0.147. The molecular formula is C12H14BrNO4. The SMILES string of the molecule is O=C(Cc1cccc(Br)c1)NCCC(O)C(=O)O. The maximum Gasteiger partial charge on any atom is 0.332 e. The molecule has 1 aromatic rings. The van der Waals surface area contributed by atoms with E-state index in [9.17, 15) is 9.59 Å². The summed E-state index contributed by atoms with van der Waals surface area (Å²) in [5, 5.41) is 20.0. The van der Waals surface area contributed by atoms with Crippen LogP contribution in [0.25, 0.3) is 0 Å². The van der Waals surface area contributed by atoms with Crippen molar-refractivity contribution in [1.82, 2.24) is 5.32 Å². The lowest BCUT2D eigenvalue weighted by Crippen LogP contribution is -2.30. The van der Waals surface area contributed by atoms with Crippen molar-refractivity contribution in [2.45, 2.75) is 18.9 Å². The smallest absolute Gasteiger partial charge is 0.332 e. The van der Waals surface area contributed by atoms with Crippen molar-refractivity contribution in [3.63, 3.8) is 0 Å². The number of hydrogen-bond donors (Lipinski definition) is 3. The Kier molecular flexibility index (Phi) is 5.80. The second-order valence-corrected chi connectivity index (χ2v) is 4.72. The number of aliphatic hydroxyl groups is 1. The number of aliphatic hydroxyl groups excluding tert-OH is 1. The third-order valence-electron chi connectivity index (χ3n) is 2.28. The first-order valence-corrected chi connectivity index (χ1v) is 6.20. The number of nitrogens with one attached hydrogen (secondary N) is 1. The molecule has 1 amide bonds. The predicted molar refractivity (Wildman–Crippen MR) is 69.1 cm³/mol. The van der Waals surface area contributed by atoms with Crippen molar-refractivity contribution in [1.29, 1.82) is 0 Å². The van der Waals surface area contributed by atoms with Crippen LogP contribution >= 0.6 is 15.9 Å². The van der Waals surface area contributed by atoms with Gasteiger partial charge in [0, 0.05) is 17.4 Å². The van der Waals surface area contributed by atoms with Crippen LogP contribution in [0.3, 0.4) is 0 Å². The van der Waals surface area contributed by atoms with Crippen LogP contribution in [0, 0.1) is 0 Å². The Morgan fingerprint density at radius 1 is 1.39 bits per heavy atom. The first-order chi connectivity index (χ1) is 8.49.